The standard InChI is InChI=1S/C22H20Cl2F2N4O2S2/c1-2-3-18(27-19(31)9-13-6-14(25)10-15(26)7-13)20(32)28-21-29-30-22(34-21)33-11-12-4-5-16(23)17(24)8-12/h4-8,10,18H,2-3,9,11H2,1H3,(H,27,31)(H,28,29,32). The van der Waals surface area contributed by atoms with Crippen molar-refractivity contribution in [3.63, 3.8) is 0 Å². The van der Waals surface area contributed by atoms with Crippen LogP contribution in [0.5, 0.6) is 0 Å². The van der Waals surface area contributed by atoms with Crippen LogP contribution in [0.15, 0.2) is 40.7 Å². The first-order valence-electron chi connectivity index (χ1n) is 10.2. The summed E-state index contributed by atoms with van der Waals surface area (Å²) in [6.45, 7) is 1.87. The number of aromatic nitrogens is 2. The first kappa shape index (κ1) is 26.3. The molecule has 1 aromatic heterocycles. The first-order chi connectivity index (χ1) is 16.2. The van der Waals surface area contributed by atoms with Crippen molar-refractivity contribution < 1.29 is 18.4 Å². The SMILES string of the molecule is CCCC(NC(=O)Cc1cc(F)cc(F)c1)C(=O)Nc1nnc(SCc2ccc(Cl)c(Cl)c2)s1. The van der Waals surface area contributed by atoms with Crippen molar-refractivity contribution in [3.8, 4) is 0 Å². The van der Waals surface area contributed by atoms with Crippen molar-refractivity contribution in [2.45, 2.75) is 42.3 Å². The Bertz CT molecular complexity index is 1160. The van der Waals surface area contributed by atoms with Crippen LogP contribution in [0.3, 0.4) is 0 Å². The topological polar surface area (TPSA) is 84.0 Å². The molecular formula is C22H20Cl2F2N4O2S2. The summed E-state index contributed by atoms with van der Waals surface area (Å²) >= 11 is 14.6. The molecule has 2 N–H and O–H groups in total. The number of halogens is 4. The van der Waals surface area contributed by atoms with E-state index in [1.165, 1.54) is 23.1 Å². The number of nitrogens with one attached hydrogen (secondary N) is 2. The van der Waals surface area contributed by atoms with Gasteiger partial charge in [0, 0.05) is 11.8 Å². The minimum atomic E-state index is -0.827. The second-order valence-corrected chi connectivity index (χ2v) is 10.3. The Morgan fingerprint density at radius 2 is 1.79 bits per heavy atom. The zero-order valence-electron chi connectivity index (χ0n) is 17.9. The van der Waals surface area contributed by atoms with Gasteiger partial charge in [-0.3, -0.25) is 14.9 Å². The van der Waals surface area contributed by atoms with Gasteiger partial charge in [0.2, 0.25) is 16.9 Å². The smallest absolute Gasteiger partial charge is 0.248 e. The van der Waals surface area contributed by atoms with Crippen LogP contribution in [0.25, 0.3) is 0 Å². The molecule has 12 heteroatoms. The van der Waals surface area contributed by atoms with Gasteiger partial charge in [0.1, 0.15) is 17.7 Å². The second kappa shape index (κ2) is 12.4. The highest BCUT2D eigenvalue weighted by Crippen LogP contribution is 2.30. The number of thioether (sulfide) groups is 1. The number of rotatable bonds is 10. The molecule has 6 nitrogen and oxygen atoms in total. The Hall–Kier alpha value is -2.27. The van der Waals surface area contributed by atoms with Crippen molar-refractivity contribution in [2.75, 3.05) is 5.32 Å². The number of carbonyl (C=O) groups is 2. The first-order valence-corrected chi connectivity index (χ1v) is 12.7. The maximum atomic E-state index is 13.4. The molecule has 34 heavy (non-hydrogen) atoms. The van der Waals surface area contributed by atoms with Gasteiger partial charge in [0.05, 0.1) is 16.5 Å². The maximum absolute atomic E-state index is 13.4. The highest BCUT2D eigenvalue weighted by atomic mass is 35.5. The van der Waals surface area contributed by atoms with Crippen LogP contribution in [0.2, 0.25) is 10.0 Å². The van der Waals surface area contributed by atoms with Gasteiger partial charge >= 0.3 is 0 Å². The summed E-state index contributed by atoms with van der Waals surface area (Å²) in [5.74, 6) is -1.91. The fraction of sp³-hybridized carbons (Fsp3) is 0.273. The van der Waals surface area contributed by atoms with Gasteiger partial charge in [-0.25, -0.2) is 8.78 Å². The molecule has 0 radical (unpaired) electrons. The Kier molecular flexibility index (Phi) is 9.63. The Balaban J connectivity index is 1.55. The van der Waals surface area contributed by atoms with Gasteiger partial charge in [-0.2, -0.15) is 0 Å². The maximum Gasteiger partial charge on any atom is 0.248 e. The largest absolute Gasteiger partial charge is 0.344 e. The molecule has 180 valence electrons. The molecule has 1 heterocycles. The van der Waals surface area contributed by atoms with Gasteiger partial charge in [-0.1, -0.05) is 65.7 Å². The van der Waals surface area contributed by atoms with Crippen LogP contribution in [0.4, 0.5) is 13.9 Å². The minimum absolute atomic E-state index is 0.179. The van der Waals surface area contributed by atoms with Crippen LogP contribution < -0.4 is 10.6 Å². The molecule has 2 aromatic carbocycles. The van der Waals surface area contributed by atoms with E-state index >= 15 is 0 Å². The predicted octanol–water partition coefficient (Wildman–Crippen LogP) is 5.88. The van der Waals surface area contributed by atoms with E-state index in [0.29, 0.717) is 38.1 Å². The molecule has 0 saturated carbocycles. The van der Waals surface area contributed by atoms with E-state index in [2.05, 4.69) is 20.8 Å². The second-order valence-electron chi connectivity index (χ2n) is 7.26. The molecule has 0 aliphatic carbocycles. The normalized spacial score (nSPS) is 11.8. The molecule has 0 bridgehead atoms. The average molecular weight is 545 g/mol. The average Bonchev–Trinajstić information content (AvgIpc) is 3.20. The third kappa shape index (κ3) is 7.90. The minimum Gasteiger partial charge on any atom is -0.344 e. The van der Waals surface area contributed by atoms with Crippen molar-refractivity contribution >= 4 is 63.2 Å². The van der Waals surface area contributed by atoms with Gasteiger partial charge in [-0.15, -0.1) is 10.2 Å². The van der Waals surface area contributed by atoms with Crippen molar-refractivity contribution in [1.82, 2.24) is 15.5 Å². The van der Waals surface area contributed by atoms with E-state index in [1.807, 2.05) is 13.0 Å². The van der Waals surface area contributed by atoms with Crippen LogP contribution in [-0.4, -0.2) is 28.1 Å². The number of nitrogens with zero attached hydrogens (tertiary/aromatic N) is 2. The summed E-state index contributed by atoms with van der Waals surface area (Å²) in [4.78, 5) is 25.1. The number of hydrogen-bond acceptors (Lipinski definition) is 6. The summed E-state index contributed by atoms with van der Waals surface area (Å²) < 4.78 is 27.4. The molecule has 1 atom stereocenters. The van der Waals surface area contributed by atoms with Crippen LogP contribution in [0.1, 0.15) is 30.9 Å². The fourth-order valence-corrected chi connectivity index (χ4v) is 5.01. The Labute approximate surface area is 213 Å². The zero-order valence-corrected chi connectivity index (χ0v) is 21.1. The third-order valence-electron chi connectivity index (χ3n) is 4.50. The van der Waals surface area contributed by atoms with E-state index in [4.69, 9.17) is 23.2 Å². The molecule has 3 rings (SSSR count). The Morgan fingerprint density at radius 3 is 2.47 bits per heavy atom. The van der Waals surface area contributed by atoms with E-state index in [1.54, 1.807) is 12.1 Å². The van der Waals surface area contributed by atoms with Crippen molar-refractivity contribution in [2.24, 2.45) is 0 Å². The number of benzene rings is 2. The molecule has 0 saturated heterocycles. The molecule has 0 spiro atoms. The summed E-state index contributed by atoms with van der Waals surface area (Å²) in [6.07, 6.45) is 0.761. The summed E-state index contributed by atoms with van der Waals surface area (Å²) in [5.41, 5.74) is 1.14. The molecular weight excluding hydrogens is 525 g/mol. The molecule has 1 unspecified atom stereocenters. The number of hydrogen-bond donors (Lipinski definition) is 2. The van der Waals surface area contributed by atoms with E-state index < -0.39 is 29.5 Å². The van der Waals surface area contributed by atoms with Crippen LogP contribution >= 0.6 is 46.3 Å². The lowest BCUT2D eigenvalue weighted by Crippen LogP contribution is -2.44. The Morgan fingerprint density at radius 1 is 1.06 bits per heavy atom. The van der Waals surface area contributed by atoms with E-state index in [-0.39, 0.29) is 12.0 Å². The molecule has 0 fully saturated rings. The van der Waals surface area contributed by atoms with Gasteiger partial charge in [-0.05, 0) is 41.8 Å². The van der Waals surface area contributed by atoms with Gasteiger partial charge in [0.15, 0.2) is 4.34 Å². The number of carbonyl (C=O) groups excluding carboxylic acids is 2. The third-order valence-corrected chi connectivity index (χ3v) is 7.28. The van der Waals surface area contributed by atoms with E-state index in [0.717, 1.165) is 23.8 Å². The molecule has 3 aromatic rings. The highest BCUT2D eigenvalue weighted by Gasteiger charge is 2.22. The van der Waals surface area contributed by atoms with Crippen molar-refractivity contribution in [3.05, 3.63) is 69.2 Å². The van der Waals surface area contributed by atoms with E-state index in [9.17, 15) is 18.4 Å². The predicted molar refractivity (Wildman–Crippen MR) is 131 cm³/mol. The zero-order chi connectivity index (χ0) is 24.7. The highest BCUT2D eigenvalue weighted by molar-refractivity contribution is 8.00. The van der Waals surface area contributed by atoms with Crippen LogP contribution in [0, 0.1) is 11.6 Å². The molecule has 0 aliphatic rings. The lowest BCUT2D eigenvalue weighted by molar-refractivity contribution is -0.126. The lowest BCUT2D eigenvalue weighted by atomic mass is 10.1. The summed E-state index contributed by atoms with van der Waals surface area (Å²) in [7, 11) is 0. The summed E-state index contributed by atoms with van der Waals surface area (Å²) in [5, 5.41) is 14.6. The van der Waals surface area contributed by atoms with Gasteiger partial charge in [0.25, 0.3) is 0 Å². The quantitative estimate of drug-likeness (QED) is 0.246. The number of anilines is 1. The molecule has 2 amide bonds. The van der Waals surface area contributed by atoms with Crippen LogP contribution in [-0.2, 0) is 21.8 Å². The monoisotopic (exact) mass is 544 g/mol. The van der Waals surface area contributed by atoms with Gasteiger partial charge < -0.3 is 5.32 Å². The number of amides is 2. The molecule has 0 aliphatic heterocycles. The summed E-state index contributed by atoms with van der Waals surface area (Å²) in [6, 6.07) is 7.42. The lowest BCUT2D eigenvalue weighted by Gasteiger charge is -2.17. The fourth-order valence-electron chi connectivity index (χ4n) is 2.99. The van der Waals surface area contributed by atoms with Crippen molar-refractivity contribution in [1.29, 1.82) is 0 Å².